The van der Waals surface area contributed by atoms with E-state index in [-0.39, 0.29) is 23.8 Å². The Morgan fingerprint density at radius 3 is 2.50 bits per heavy atom. The Labute approximate surface area is 105 Å². The van der Waals surface area contributed by atoms with Crippen molar-refractivity contribution in [3.05, 3.63) is 70.5 Å². The van der Waals surface area contributed by atoms with E-state index >= 15 is 0 Å². The third-order valence-electron chi connectivity index (χ3n) is 4.33. The van der Waals surface area contributed by atoms with Crippen LogP contribution in [0.5, 0.6) is 0 Å². The summed E-state index contributed by atoms with van der Waals surface area (Å²) in [5, 5.41) is 10.3. The van der Waals surface area contributed by atoms with Crippen LogP contribution in [-0.2, 0) is 0 Å². The van der Waals surface area contributed by atoms with E-state index in [2.05, 4.69) is 12.1 Å². The van der Waals surface area contributed by atoms with E-state index in [0.29, 0.717) is 0 Å². The zero-order valence-electron chi connectivity index (χ0n) is 9.81. The van der Waals surface area contributed by atoms with E-state index in [4.69, 9.17) is 0 Å². The molecule has 0 aliphatic heterocycles. The number of rotatable bonds is 0. The first kappa shape index (κ1) is 10.3. The van der Waals surface area contributed by atoms with Crippen LogP contribution in [0, 0.1) is 5.82 Å². The number of fused-ring (bicyclic) bond motifs is 1. The fraction of sp³-hybridized carbons (Fsp3) is 0.250. The Hall–Kier alpha value is -1.67. The third-order valence-corrected chi connectivity index (χ3v) is 4.33. The molecule has 5 rings (SSSR count). The monoisotopic (exact) mass is 240 g/mol. The zero-order chi connectivity index (χ0) is 12.3. The lowest BCUT2D eigenvalue weighted by atomic mass is 9.62. The molecule has 0 heterocycles. The van der Waals surface area contributed by atoms with Crippen LogP contribution in [-0.4, -0.2) is 11.2 Å². The van der Waals surface area contributed by atoms with E-state index in [1.165, 1.54) is 22.8 Å². The van der Waals surface area contributed by atoms with Crippen LogP contribution in [0.15, 0.2) is 42.5 Å². The second kappa shape index (κ2) is 3.42. The average Bonchev–Trinajstić information content (AvgIpc) is 2.38. The summed E-state index contributed by atoms with van der Waals surface area (Å²) >= 11 is 0. The zero-order valence-corrected chi connectivity index (χ0v) is 9.81. The summed E-state index contributed by atoms with van der Waals surface area (Å²) in [5.41, 5.74) is 4.62. The predicted molar refractivity (Wildman–Crippen MR) is 67.2 cm³/mol. The lowest BCUT2D eigenvalue weighted by Gasteiger charge is -2.43. The number of halogens is 1. The minimum atomic E-state index is -0.390. The smallest absolute Gasteiger partial charge is 0.123 e. The fourth-order valence-corrected chi connectivity index (χ4v) is 3.62. The standard InChI is InChI=1S/C16H13FO/c17-9-5-6-11-13-8-15(18)16(14(11)7-9)12-4-2-1-3-10(12)13/h1-7,13,15-16,18H,8H2/t13-,15-,16+/m0/s1. The van der Waals surface area contributed by atoms with E-state index in [1.807, 2.05) is 18.2 Å². The number of hydrogen-bond acceptors (Lipinski definition) is 1. The van der Waals surface area contributed by atoms with Crippen LogP contribution in [0.1, 0.15) is 40.5 Å². The maximum atomic E-state index is 13.4. The van der Waals surface area contributed by atoms with E-state index in [0.717, 1.165) is 12.0 Å². The van der Waals surface area contributed by atoms with Crippen LogP contribution in [0.4, 0.5) is 4.39 Å². The van der Waals surface area contributed by atoms with Crippen molar-refractivity contribution < 1.29 is 9.50 Å². The average molecular weight is 240 g/mol. The molecule has 0 fully saturated rings. The molecule has 0 spiro atoms. The van der Waals surface area contributed by atoms with Gasteiger partial charge in [0.25, 0.3) is 0 Å². The van der Waals surface area contributed by atoms with Crippen molar-refractivity contribution in [2.45, 2.75) is 24.4 Å². The second-order valence-electron chi connectivity index (χ2n) is 5.24. The number of hydrogen-bond donors (Lipinski definition) is 1. The van der Waals surface area contributed by atoms with Gasteiger partial charge in [0.05, 0.1) is 6.10 Å². The summed E-state index contributed by atoms with van der Waals surface area (Å²) in [5.74, 6) is -0.0559. The molecule has 0 amide bonds. The maximum absolute atomic E-state index is 13.4. The van der Waals surface area contributed by atoms with Crippen LogP contribution in [0.3, 0.4) is 0 Å². The topological polar surface area (TPSA) is 20.2 Å². The van der Waals surface area contributed by atoms with Crippen molar-refractivity contribution in [1.82, 2.24) is 0 Å². The molecule has 1 N–H and O–H groups in total. The Morgan fingerprint density at radius 2 is 1.67 bits per heavy atom. The van der Waals surface area contributed by atoms with Gasteiger partial charge in [-0.3, -0.25) is 0 Å². The highest BCUT2D eigenvalue weighted by Gasteiger charge is 2.42. The number of aliphatic hydroxyl groups is 1. The van der Waals surface area contributed by atoms with Crippen molar-refractivity contribution in [2.24, 2.45) is 0 Å². The molecule has 0 unspecified atom stereocenters. The lowest BCUT2D eigenvalue weighted by Crippen LogP contribution is -2.35. The van der Waals surface area contributed by atoms with Crippen LogP contribution < -0.4 is 0 Å². The molecule has 3 aliphatic carbocycles. The van der Waals surface area contributed by atoms with Crippen molar-refractivity contribution in [3.63, 3.8) is 0 Å². The van der Waals surface area contributed by atoms with Crippen LogP contribution in [0.25, 0.3) is 0 Å². The molecule has 2 aromatic carbocycles. The van der Waals surface area contributed by atoms with Gasteiger partial charge in [0, 0.05) is 11.8 Å². The van der Waals surface area contributed by atoms with Gasteiger partial charge in [-0.2, -0.15) is 0 Å². The van der Waals surface area contributed by atoms with Gasteiger partial charge in [-0.25, -0.2) is 4.39 Å². The van der Waals surface area contributed by atoms with Gasteiger partial charge in [0.1, 0.15) is 5.82 Å². The summed E-state index contributed by atoms with van der Waals surface area (Å²) in [4.78, 5) is 0. The molecule has 2 aromatic rings. The molecule has 90 valence electrons. The molecule has 0 saturated heterocycles. The van der Waals surface area contributed by atoms with E-state index in [9.17, 15) is 9.50 Å². The van der Waals surface area contributed by atoms with Crippen molar-refractivity contribution in [1.29, 1.82) is 0 Å². The highest BCUT2D eigenvalue weighted by Crippen LogP contribution is 2.52. The first-order valence-electron chi connectivity index (χ1n) is 6.32. The second-order valence-corrected chi connectivity index (χ2v) is 5.24. The molecular weight excluding hydrogens is 227 g/mol. The normalized spacial score (nSPS) is 27.8. The number of aliphatic hydroxyl groups excluding tert-OH is 1. The highest BCUT2D eigenvalue weighted by atomic mass is 19.1. The van der Waals surface area contributed by atoms with E-state index < -0.39 is 0 Å². The molecule has 1 nitrogen and oxygen atoms in total. The molecule has 0 radical (unpaired) electrons. The predicted octanol–water partition coefficient (Wildman–Crippen LogP) is 3.17. The van der Waals surface area contributed by atoms with Crippen molar-refractivity contribution in [3.8, 4) is 0 Å². The molecule has 2 heteroatoms. The largest absolute Gasteiger partial charge is 0.392 e. The number of benzene rings is 2. The molecule has 3 atom stereocenters. The Bertz CT molecular complexity index is 635. The third kappa shape index (κ3) is 1.19. The van der Waals surface area contributed by atoms with Gasteiger partial charge in [0.15, 0.2) is 0 Å². The molecule has 18 heavy (non-hydrogen) atoms. The summed E-state index contributed by atoms with van der Waals surface area (Å²) in [7, 11) is 0. The minimum Gasteiger partial charge on any atom is -0.392 e. The minimum absolute atomic E-state index is 0.0584. The van der Waals surface area contributed by atoms with Gasteiger partial charge in [-0.05, 0) is 40.8 Å². The first-order chi connectivity index (χ1) is 8.75. The SMILES string of the molecule is O[C@H]1C[C@H]2c3ccccc3[C@@H]1c1cc(F)ccc12. The van der Waals surface area contributed by atoms with Crippen molar-refractivity contribution >= 4 is 0 Å². The van der Waals surface area contributed by atoms with Crippen molar-refractivity contribution in [2.75, 3.05) is 0 Å². The maximum Gasteiger partial charge on any atom is 0.123 e. The Morgan fingerprint density at radius 1 is 0.944 bits per heavy atom. The summed E-state index contributed by atoms with van der Waals surface area (Å²) < 4.78 is 13.4. The summed E-state index contributed by atoms with van der Waals surface area (Å²) in [6.07, 6.45) is 0.361. The quantitative estimate of drug-likeness (QED) is 0.750. The molecule has 0 saturated carbocycles. The van der Waals surface area contributed by atoms with Gasteiger partial charge < -0.3 is 5.11 Å². The molecule has 0 aromatic heterocycles. The molecular formula is C16H13FO. The Balaban J connectivity index is 2.03. The Kier molecular flexibility index (Phi) is 1.95. The van der Waals surface area contributed by atoms with Gasteiger partial charge >= 0.3 is 0 Å². The van der Waals surface area contributed by atoms with Crippen LogP contribution >= 0.6 is 0 Å². The van der Waals surface area contributed by atoms with Crippen LogP contribution in [0.2, 0.25) is 0 Å². The van der Waals surface area contributed by atoms with Gasteiger partial charge in [0.2, 0.25) is 0 Å². The fourth-order valence-electron chi connectivity index (χ4n) is 3.62. The molecule has 2 bridgehead atoms. The molecule has 3 aliphatic rings. The summed E-state index contributed by atoms with van der Waals surface area (Å²) in [6.45, 7) is 0. The lowest BCUT2D eigenvalue weighted by molar-refractivity contribution is 0.124. The van der Waals surface area contributed by atoms with Gasteiger partial charge in [-0.1, -0.05) is 30.3 Å². The van der Waals surface area contributed by atoms with Gasteiger partial charge in [-0.15, -0.1) is 0 Å². The first-order valence-corrected chi connectivity index (χ1v) is 6.32. The summed E-state index contributed by atoms with van der Waals surface area (Å²) in [6, 6.07) is 13.2. The van der Waals surface area contributed by atoms with E-state index in [1.54, 1.807) is 6.07 Å². The highest BCUT2D eigenvalue weighted by molar-refractivity contribution is 5.56.